The minimum Gasteiger partial charge on any atom is -0.323 e. The molecule has 10 heteroatoms. The lowest BCUT2D eigenvalue weighted by Gasteiger charge is -2.34. The van der Waals surface area contributed by atoms with E-state index in [1.54, 1.807) is 0 Å². The Hall–Kier alpha value is -3.04. The average Bonchev–Trinajstić information content (AvgIpc) is 3.18. The lowest BCUT2D eigenvalue weighted by atomic mass is 9.95. The molecule has 0 aliphatic carbocycles. The van der Waals surface area contributed by atoms with Crippen LogP contribution in [-0.2, 0) is 4.79 Å². The average molecular weight is 429 g/mol. The summed E-state index contributed by atoms with van der Waals surface area (Å²) in [6, 6.07) is 9.48. The number of hydrogen-bond donors (Lipinski definition) is 1. The van der Waals surface area contributed by atoms with Gasteiger partial charge in [0.25, 0.3) is 5.69 Å². The molecule has 0 spiro atoms. The number of likely N-dealkylation sites (tertiary alicyclic amines) is 1. The van der Waals surface area contributed by atoms with E-state index in [2.05, 4.69) is 20.4 Å². The number of benzene rings is 1. The third-order valence-electron chi connectivity index (χ3n) is 5.58. The molecule has 0 bridgehead atoms. The molecule has 30 heavy (non-hydrogen) atoms. The highest BCUT2D eigenvalue weighted by Crippen LogP contribution is 2.29. The predicted octanol–water partition coefficient (Wildman–Crippen LogP) is 3.50. The molecule has 4 rings (SSSR count). The van der Waals surface area contributed by atoms with Crippen molar-refractivity contribution >= 4 is 34.5 Å². The number of aromatic nitrogens is 3. The van der Waals surface area contributed by atoms with E-state index in [9.17, 15) is 14.9 Å². The number of fused-ring (bicyclic) bond motifs is 1. The fraction of sp³-hybridized carbons (Fsp3) is 0.350. The first-order valence-corrected chi connectivity index (χ1v) is 10.1. The van der Waals surface area contributed by atoms with Gasteiger partial charge in [-0.15, -0.1) is 10.2 Å². The first-order valence-electron chi connectivity index (χ1n) is 9.72. The molecule has 0 saturated carbocycles. The molecule has 1 fully saturated rings. The van der Waals surface area contributed by atoms with Gasteiger partial charge in [0.15, 0.2) is 5.65 Å². The highest BCUT2D eigenvalue weighted by atomic mass is 35.5. The second kappa shape index (κ2) is 8.37. The van der Waals surface area contributed by atoms with E-state index in [4.69, 9.17) is 11.6 Å². The number of amides is 1. The van der Waals surface area contributed by atoms with E-state index in [1.165, 1.54) is 18.2 Å². The van der Waals surface area contributed by atoms with Crippen molar-refractivity contribution in [2.45, 2.75) is 31.7 Å². The zero-order chi connectivity index (χ0) is 21.3. The molecule has 1 aliphatic heterocycles. The number of nitrogens with one attached hydrogen (secondary N) is 1. The summed E-state index contributed by atoms with van der Waals surface area (Å²) in [4.78, 5) is 25.1. The number of pyridine rings is 1. The van der Waals surface area contributed by atoms with Gasteiger partial charge in [-0.1, -0.05) is 17.7 Å². The molecule has 1 N–H and O–H groups in total. The highest BCUT2D eigenvalue weighted by Gasteiger charge is 2.29. The Labute approximate surface area is 177 Å². The molecule has 0 radical (unpaired) electrons. The molecule has 3 heterocycles. The van der Waals surface area contributed by atoms with Crippen LogP contribution >= 0.6 is 11.6 Å². The van der Waals surface area contributed by atoms with Crippen LogP contribution in [0.4, 0.5) is 11.4 Å². The summed E-state index contributed by atoms with van der Waals surface area (Å²) >= 11 is 6.08. The van der Waals surface area contributed by atoms with E-state index >= 15 is 0 Å². The molecule has 1 saturated heterocycles. The normalized spacial score (nSPS) is 16.5. The van der Waals surface area contributed by atoms with E-state index in [1.807, 2.05) is 35.7 Å². The number of non-ortho nitro benzene ring substituents is 1. The van der Waals surface area contributed by atoms with Gasteiger partial charge in [0.1, 0.15) is 5.82 Å². The Morgan fingerprint density at radius 1 is 1.27 bits per heavy atom. The molecule has 9 nitrogen and oxygen atoms in total. The second-order valence-electron chi connectivity index (χ2n) is 7.38. The van der Waals surface area contributed by atoms with Crippen LogP contribution in [0, 0.1) is 10.1 Å². The summed E-state index contributed by atoms with van der Waals surface area (Å²) in [6.07, 6.45) is 3.73. The van der Waals surface area contributed by atoms with Crippen molar-refractivity contribution < 1.29 is 9.72 Å². The maximum absolute atomic E-state index is 12.7. The van der Waals surface area contributed by atoms with Crippen LogP contribution < -0.4 is 5.32 Å². The van der Waals surface area contributed by atoms with Crippen LogP contribution in [0.2, 0.25) is 5.02 Å². The second-order valence-corrected chi connectivity index (χ2v) is 7.79. The van der Waals surface area contributed by atoms with Gasteiger partial charge < -0.3 is 5.32 Å². The first kappa shape index (κ1) is 20.2. The molecule has 1 atom stereocenters. The monoisotopic (exact) mass is 428 g/mol. The third kappa shape index (κ3) is 3.99. The van der Waals surface area contributed by atoms with Crippen LogP contribution in [0.5, 0.6) is 0 Å². The molecule has 1 aliphatic rings. The Morgan fingerprint density at radius 2 is 2.03 bits per heavy atom. The minimum absolute atomic E-state index is 0.117. The fourth-order valence-corrected chi connectivity index (χ4v) is 4.03. The summed E-state index contributed by atoms with van der Waals surface area (Å²) in [5.74, 6) is 1.05. The zero-order valence-electron chi connectivity index (χ0n) is 16.4. The van der Waals surface area contributed by atoms with E-state index < -0.39 is 4.92 Å². The van der Waals surface area contributed by atoms with Crippen LogP contribution in [0.1, 0.15) is 31.5 Å². The number of carbonyl (C=O) groups is 1. The van der Waals surface area contributed by atoms with Crippen LogP contribution in [0.15, 0.2) is 42.6 Å². The van der Waals surface area contributed by atoms with E-state index in [0.717, 1.165) is 37.4 Å². The number of piperidine rings is 1. The van der Waals surface area contributed by atoms with Gasteiger partial charge >= 0.3 is 0 Å². The van der Waals surface area contributed by atoms with Gasteiger partial charge in [-0.2, -0.15) is 0 Å². The Morgan fingerprint density at radius 3 is 2.73 bits per heavy atom. The SMILES string of the molecule is CC(C(=O)Nc1ccc([N+](=O)[O-])cc1Cl)N1CCC(c2nnc3ccccn23)CC1. The maximum atomic E-state index is 12.7. The Bertz CT molecular complexity index is 1090. The molecular formula is C20H21ClN6O3. The lowest BCUT2D eigenvalue weighted by molar-refractivity contribution is -0.384. The van der Waals surface area contributed by atoms with Gasteiger partial charge in [-0.25, -0.2) is 0 Å². The maximum Gasteiger partial charge on any atom is 0.271 e. The number of nitro benzene ring substituents is 1. The van der Waals surface area contributed by atoms with Gasteiger partial charge in [0, 0.05) is 24.2 Å². The topological polar surface area (TPSA) is 106 Å². The molecule has 1 amide bonds. The summed E-state index contributed by atoms with van der Waals surface area (Å²) in [6.45, 7) is 3.37. The van der Waals surface area contributed by atoms with Crippen molar-refractivity contribution in [3.63, 3.8) is 0 Å². The molecule has 156 valence electrons. The number of nitro groups is 1. The highest BCUT2D eigenvalue weighted by molar-refractivity contribution is 6.34. The smallest absolute Gasteiger partial charge is 0.271 e. The van der Waals surface area contributed by atoms with E-state index in [-0.39, 0.29) is 28.6 Å². The Kier molecular flexibility index (Phi) is 5.65. The summed E-state index contributed by atoms with van der Waals surface area (Å²) in [5.41, 5.74) is 1.08. The van der Waals surface area contributed by atoms with Crippen molar-refractivity contribution in [2.24, 2.45) is 0 Å². The largest absolute Gasteiger partial charge is 0.323 e. The summed E-state index contributed by atoms with van der Waals surface area (Å²) in [7, 11) is 0. The number of hydrogen-bond acceptors (Lipinski definition) is 6. The summed E-state index contributed by atoms with van der Waals surface area (Å²) < 4.78 is 2.02. The van der Waals surface area contributed by atoms with Crippen molar-refractivity contribution in [1.29, 1.82) is 0 Å². The number of carbonyl (C=O) groups excluding carboxylic acids is 1. The minimum atomic E-state index is -0.525. The number of halogens is 1. The van der Waals surface area contributed by atoms with Crippen molar-refractivity contribution in [3.05, 3.63) is 63.6 Å². The van der Waals surface area contributed by atoms with Crippen LogP contribution in [-0.4, -0.2) is 49.5 Å². The molecule has 1 aromatic carbocycles. The van der Waals surface area contributed by atoms with Crippen molar-refractivity contribution in [3.8, 4) is 0 Å². The molecule has 2 aromatic heterocycles. The van der Waals surface area contributed by atoms with Gasteiger partial charge in [-0.05, 0) is 51.1 Å². The van der Waals surface area contributed by atoms with Crippen molar-refractivity contribution in [2.75, 3.05) is 18.4 Å². The van der Waals surface area contributed by atoms with Crippen LogP contribution in [0.25, 0.3) is 5.65 Å². The fourth-order valence-electron chi connectivity index (χ4n) is 3.81. The Balaban J connectivity index is 1.37. The molecule has 1 unspecified atom stereocenters. The first-order chi connectivity index (χ1) is 14.4. The van der Waals surface area contributed by atoms with Gasteiger partial charge in [0.2, 0.25) is 5.91 Å². The third-order valence-corrected chi connectivity index (χ3v) is 5.90. The standard InChI is InChI=1S/C20H21ClN6O3/c1-13(20(28)22-17-6-5-15(27(29)30)12-16(17)21)25-10-7-14(8-11-25)19-24-23-18-4-2-3-9-26(18)19/h2-6,9,12-14H,7-8,10-11H2,1H3,(H,22,28). The van der Waals surface area contributed by atoms with E-state index in [0.29, 0.717) is 5.69 Å². The molecule has 3 aromatic rings. The zero-order valence-corrected chi connectivity index (χ0v) is 17.1. The number of rotatable bonds is 5. The van der Waals surface area contributed by atoms with Crippen molar-refractivity contribution in [1.82, 2.24) is 19.5 Å². The van der Waals surface area contributed by atoms with Crippen LogP contribution in [0.3, 0.4) is 0 Å². The van der Waals surface area contributed by atoms with Gasteiger partial charge in [-0.3, -0.25) is 24.2 Å². The number of anilines is 1. The molecular weight excluding hydrogens is 408 g/mol. The number of nitrogens with zero attached hydrogens (tertiary/aromatic N) is 5. The summed E-state index contributed by atoms with van der Waals surface area (Å²) in [5, 5.41) is 22.3. The lowest BCUT2D eigenvalue weighted by Crippen LogP contribution is -2.45. The predicted molar refractivity (Wildman–Crippen MR) is 113 cm³/mol. The van der Waals surface area contributed by atoms with Gasteiger partial charge in [0.05, 0.1) is 21.7 Å². The quantitative estimate of drug-likeness (QED) is 0.492.